The van der Waals surface area contributed by atoms with E-state index in [1.807, 2.05) is 25.7 Å². The third-order valence-corrected chi connectivity index (χ3v) is 6.07. The predicted octanol–water partition coefficient (Wildman–Crippen LogP) is 5.30. The summed E-state index contributed by atoms with van der Waals surface area (Å²) in [4.78, 5) is 21.5. The van der Waals surface area contributed by atoms with Crippen LogP contribution in [0.15, 0.2) is 21.0 Å². The second-order valence-electron chi connectivity index (χ2n) is 9.18. The van der Waals surface area contributed by atoms with E-state index in [-0.39, 0.29) is 18.2 Å². The van der Waals surface area contributed by atoms with Gasteiger partial charge in [-0.3, -0.25) is 4.90 Å². The van der Waals surface area contributed by atoms with Gasteiger partial charge in [-0.05, 0) is 73.2 Å². The maximum Gasteiger partial charge on any atom is 0.410 e. The molecule has 0 aliphatic carbocycles. The Morgan fingerprint density at radius 3 is 2.46 bits per heavy atom. The van der Waals surface area contributed by atoms with E-state index in [0.29, 0.717) is 11.9 Å². The molecule has 2 aromatic rings. The van der Waals surface area contributed by atoms with E-state index in [9.17, 15) is 4.79 Å². The summed E-state index contributed by atoms with van der Waals surface area (Å²) in [6.45, 7) is 11.5. The number of ether oxygens (including phenoxy) is 1. The van der Waals surface area contributed by atoms with Crippen molar-refractivity contribution in [2.24, 2.45) is 0 Å². The fraction of sp³-hybridized carbons (Fsp3) is 0.619. The van der Waals surface area contributed by atoms with Crippen LogP contribution in [-0.2, 0) is 4.74 Å². The van der Waals surface area contributed by atoms with Gasteiger partial charge in [-0.25, -0.2) is 4.79 Å². The van der Waals surface area contributed by atoms with Crippen molar-refractivity contribution in [2.75, 3.05) is 18.0 Å². The summed E-state index contributed by atoms with van der Waals surface area (Å²) >= 11 is 3.62. The van der Waals surface area contributed by atoms with Crippen molar-refractivity contribution in [2.45, 2.75) is 71.1 Å². The van der Waals surface area contributed by atoms with Gasteiger partial charge in [-0.15, -0.1) is 0 Å². The molecule has 6 nitrogen and oxygen atoms in total. The fourth-order valence-electron chi connectivity index (χ4n) is 4.14. The Hall–Kier alpha value is -1.76. The van der Waals surface area contributed by atoms with Gasteiger partial charge in [0.2, 0.25) is 0 Å². The lowest BCUT2D eigenvalue weighted by atomic mass is 10.0. The smallest absolute Gasteiger partial charge is 0.410 e. The number of hydrogen-bond donors (Lipinski definition) is 0. The number of hydrogen-bond acceptors (Lipinski definition) is 5. The van der Waals surface area contributed by atoms with Gasteiger partial charge in [0.1, 0.15) is 11.1 Å². The van der Waals surface area contributed by atoms with Crippen molar-refractivity contribution in [3.63, 3.8) is 0 Å². The monoisotopic (exact) mass is 449 g/mol. The van der Waals surface area contributed by atoms with Gasteiger partial charge < -0.3 is 14.1 Å². The number of carbonyl (C=O) groups excluding carboxylic acids is 1. The average Bonchev–Trinajstić information content (AvgIpc) is 3.12. The van der Waals surface area contributed by atoms with Gasteiger partial charge in [0, 0.05) is 13.1 Å². The number of anilines is 1. The predicted molar refractivity (Wildman–Crippen MR) is 113 cm³/mol. The Kier molecular flexibility index (Phi) is 4.84. The summed E-state index contributed by atoms with van der Waals surface area (Å²) in [5, 5.41) is 0. The molecule has 1 aromatic carbocycles. The second kappa shape index (κ2) is 6.94. The van der Waals surface area contributed by atoms with Crippen LogP contribution in [0, 0.1) is 0 Å². The lowest BCUT2D eigenvalue weighted by molar-refractivity contribution is 0.0120. The molecule has 2 bridgehead atoms. The lowest BCUT2D eigenvalue weighted by Gasteiger charge is -2.40. The Morgan fingerprint density at radius 1 is 1.25 bits per heavy atom. The summed E-state index contributed by atoms with van der Waals surface area (Å²) in [6.07, 6.45) is 1.77. The summed E-state index contributed by atoms with van der Waals surface area (Å²) in [5.41, 5.74) is 2.40. The quantitative estimate of drug-likeness (QED) is 0.622. The number of aromatic nitrogens is 1. The Labute approximate surface area is 174 Å². The van der Waals surface area contributed by atoms with E-state index in [1.54, 1.807) is 0 Å². The SMILES string of the molecule is CC(C)c1cc(Br)c2oc(N3CC4CCC(C3)N4C(=O)OC(C)(C)C)nc2c1. The van der Waals surface area contributed by atoms with E-state index >= 15 is 0 Å². The molecule has 2 aliphatic heterocycles. The number of piperazine rings is 1. The van der Waals surface area contributed by atoms with Crippen molar-refractivity contribution in [3.05, 3.63) is 22.2 Å². The average molecular weight is 450 g/mol. The molecule has 2 saturated heterocycles. The molecule has 2 aliphatic rings. The topological polar surface area (TPSA) is 58.8 Å². The molecule has 4 rings (SSSR count). The van der Waals surface area contributed by atoms with Gasteiger partial charge in [0.15, 0.2) is 5.58 Å². The number of carbonyl (C=O) groups is 1. The highest BCUT2D eigenvalue weighted by molar-refractivity contribution is 9.10. The molecule has 2 atom stereocenters. The van der Waals surface area contributed by atoms with Crippen LogP contribution in [0.4, 0.5) is 10.8 Å². The maximum absolute atomic E-state index is 12.6. The zero-order valence-corrected chi connectivity index (χ0v) is 18.7. The van der Waals surface area contributed by atoms with Crippen molar-refractivity contribution in [1.29, 1.82) is 0 Å². The van der Waals surface area contributed by atoms with Crippen LogP contribution in [0.25, 0.3) is 11.1 Å². The van der Waals surface area contributed by atoms with Crippen LogP contribution in [-0.4, -0.2) is 46.8 Å². The summed E-state index contributed by atoms with van der Waals surface area (Å²) in [6, 6.07) is 5.11. The van der Waals surface area contributed by atoms with Gasteiger partial charge in [-0.2, -0.15) is 4.98 Å². The molecule has 152 valence electrons. The molecule has 28 heavy (non-hydrogen) atoms. The number of amides is 1. The third-order valence-electron chi connectivity index (χ3n) is 5.48. The first-order chi connectivity index (χ1) is 13.1. The first-order valence-corrected chi connectivity index (χ1v) is 10.8. The standard InChI is InChI=1S/C21H28BrN3O3/c1-12(2)13-8-16(22)18-17(9-13)23-19(27-18)24-10-14-6-7-15(11-24)25(14)20(26)28-21(3,4)5/h8-9,12,14-15H,6-7,10-11H2,1-5H3. The van der Waals surface area contributed by atoms with Crippen LogP contribution in [0.2, 0.25) is 0 Å². The van der Waals surface area contributed by atoms with Gasteiger partial charge in [0.05, 0.1) is 16.6 Å². The van der Waals surface area contributed by atoms with E-state index in [2.05, 4.69) is 46.8 Å². The lowest BCUT2D eigenvalue weighted by Crippen LogP contribution is -2.56. The van der Waals surface area contributed by atoms with Crippen molar-refractivity contribution in [3.8, 4) is 0 Å². The molecule has 0 saturated carbocycles. The molecular weight excluding hydrogens is 422 g/mol. The summed E-state index contributed by atoms with van der Waals surface area (Å²) < 4.78 is 12.7. The highest BCUT2D eigenvalue weighted by atomic mass is 79.9. The minimum Gasteiger partial charge on any atom is -0.444 e. The van der Waals surface area contributed by atoms with E-state index in [0.717, 1.165) is 41.5 Å². The maximum atomic E-state index is 12.6. The minimum atomic E-state index is -0.478. The molecule has 2 unspecified atom stereocenters. The van der Waals surface area contributed by atoms with Crippen molar-refractivity contribution in [1.82, 2.24) is 9.88 Å². The summed E-state index contributed by atoms with van der Waals surface area (Å²) in [7, 11) is 0. The highest BCUT2D eigenvalue weighted by Crippen LogP contribution is 2.36. The van der Waals surface area contributed by atoms with Gasteiger partial charge in [0.25, 0.3) is 6.01 Å². The van der Waals surface area contributed by atoms with Gasteiger partial charge >= 0.3 is 6.09 Å². The van der Waals surface area contributed by atoms with Crippen LogP contribution in [0.3, 0.4) is 0 Å². The summed E-state index contributed by atoms with van der Waals surface area (Å²) in [5.74, 6) is 0.425. The fourth-order valence-corrected chi connectivity index (χ4v) is 4.69. The Balaban J connectivity index is 1.56. The minimum absolute atomic E-state index is 0.137. The molecular formula is C21H28BrN3O3. The number of oxazole rings is 1. The van der Waals surface area contributed by atoms with Gasteiger partial charge in [-0.1, -0.05) is 13.8 Å². The normalized spacial score (nSPS) is 22.4. The molecule has 3 heterocycles. The highest BCUT2D eigenvalue weighted by Gasteiger charge is 2.45. The molecule has 1 amide bonds. The molecule has 1 aromatic heterocycles. The zero-order valence-electron chi connectivity index (χ0n) is 17.2. The molecule has 0 N–H and O–H groups in total. The molecule has 0 radical (unpaired) electrons. The third kappa shape index (κ3) is 3.61. The molecule has 2 fully saturated rings. The van der Waals surface area contributed by atoms with Crippen molar-refractivity contribution >= 4 is 39.1 Å². The first-order valence-electron chi connectivity index (χ1n) is 9.98. The second-order valence-corrected chi connectivity index (χ2v) is 10.0. The van der Waals surface area contributed by atoms with Crippen molar-refractivity contribution < 1.29 is 13.9 Å². The number of benzene rings is 1. The molecule has 0 spiro atoms. The Bertz CT molecular complexity index is 888. The van der Waals surface area contributed by atoms with Crippen LogP contribution in [0.1, 0.15) is 58.9 Å². The van der Waals surface area contributed by atoms with E-state index in [1.165, 1.54) is 5.56 Å². The number of rotatable bonds is 2. The largest absolute Gasteiger partial charge is 0.444 e. The van der Waals surface area contributed by atoms with E-state index < -0.39 is 5.60 Å². The first kappa shape index (κ1) is 19.6. The number of fused-ring (bicyclic) bond motifs is 3. The number of nitrogens with zero attached hydrogens (tertiary/aromatic N) is 3. The van der Waals surface area contributed by atoms with E-state index in [4.69, 9.17) is 14.1 Å². The zero-order chi connectivity index (χ0) is 20.2. The number of halogens is 1. The van der Waals surface area contributed by atoms with Crippen LogP contribution < -0.4 is 4.90 Å². The molecule has 7 heteroatoms. The Morgan fingerprint density at radius 2 is 1.89 bits per heavy atom. The van der Waals surface area contributed by atoms with Crippen LogP contribution >= 0.6 is 15.9 Å². The van der Waals surface area contributed by atoms with Crippen LogP contribution in [0.5, 0.6) is 0 Å².